The molecule has 1 aliphatic rings. The highest BCUT2D eigenvalue weighted by molar-refractivity contribution is 7.13. The highest BCUT2D eigenvalue weighted by Gasteiger charge is 2.22. The first-order valence-electron chi connectivity index (χ1n) is 6.73. The minimum absolute atomic E-state index is 0.346. The van der Waals surface area contributed by atoms with Crippen LogP contribution in [0, 0.1) is 0 Å². The maximum Gasteiger partial charge on any atom is 0.263 e. The Balaban J connectivity index is 1.93. The van der Waals surface area contributed by atoms with E-state index in [2.05, 4.69) is 10.3 Å². The van der Waals surface area contributed by atoms with E-state index in [1.54, 1.807) is 17.5 Å². The lowest BCUT2D eigenvalue weighted by Crippen LogP contribution is -2.30. The van der Waals surface area contributed by atoms with Gasteiger partial charge in [0.15, 0.2) is 5.13 Å². The standard InChI is InChI=1S/C15H11N3O3S/c19-12-9-3-1-2-8-4-6-18(11(8)9)14(21)10(12)13(20)17-15-16-5-7-22-15/h1-3,5,7,19H,4,6H2,(H,16,17,20)/p-1. The number of hydrogen-bond acceptors (Lipinski definition) is 5. The number of para-hydroxylation sites is 1. The van der Waals surface area contributed by atoms with Crippen molar-refractivity contribution in [3.05, 3.63) is 51.3 Å². The first-order chi connectivity index (χ1) is 10.7. The molecule has 0 saturated heterocycles. The number of benzene rings is 1. The fourth-order valence-electron chi connectivity index (χ4n) is 2.85. The number of nitrogens with one attached hydrogen (secondary N) is 1. The number of aryl methyl sites for hydroxylation is 2. The SMILES string of the molecule is O=C(Nc1nccs1)c1c([O-])c2cccc3c2n(c1=O)CC3. The summed E-state index contributed by atoms with van der Waals surface area (Å²) in [7, 11) is 0. The summed E-state index contributed by atoms with van der Waals surface area (Å²) in [5, 5.41) is 17.5. The van der Waals surface area contributed by atoms with Crippen LogP contribution < -0.4 is 16.0 Å². The van der Waals surface area contributed by atoms with E-state index in [4.69, 9.17) is 0 Å². The van der Waals surface area contributed by atoms with E-state index >= 15 is 0 Å². The van der Waals surface area contributed by atoms with Gasteiger partial charge in [-0.2, -0.15) is 0 Å². The summed E-state index contributed by atoms with van der Waals surface area (Å²) in [5.41, 5.74) is 0.750. The number of thiazole rings is 1. The number of anilines is 1. The maximum atomic E-state index is 12.6. The number of rotatable bonds is 2. The molecule has 0 fully saturated rings. The van der Waals surface area contributed by atoms with E-state index in [-0.39, 0.29) is 5.56 Å². The summed E-state index contributed by atoms with van der Waals surface area (Å²) < 4.78 is 1.52. The highest BCUT2D eigenvalue weighted by atomic mass is 32.1. The van der Waals surface area contributed by atoms with Gasteiger partial charge in [0.1, 0.15) is 0 Å². The van der Waals surface area contributed by atoms with Crippen molar-refractivity contribution < 1.29 is 9.90 Å². The number of pyridine rings is 1. The summed E-state index contributed by atoms with van der Waals surface area (Å²) in [6.07, 6.45) is 2.24. The second-order valence-electron chi connectivity index (χ2n) is 5.02. The van der Waals surface area contributed by atoms with Crippen LogP contribution in [0.25, 0.3) is 10.9 Å². The van der Waals surface area contributed by atoms with Gasteiger partial charge in [0.25, 0.3) is 11.5 Å². The molecule has 1 aliphatic heterocycles. The normalized spacial score (nSPS) is 12.7. The Morgan fingerprint density at radius 1 is 1.41 bits per heavy atom. The quantitative estimate of drug-likeness (QED) is 0.773. The van der Waals surface area contributed by atoms with Gasteiger partial charge in [-0.05, 0) is 17.4 Å². The second-order valence-corrected chi connectivity index (χ2v) is 5.91. The number of hydrogen-bond donors (Lipinski definition) is 1. The lowest BCUT2D eigenvalue weighted by molar-refractivity contribution is -0.266. The number of carbonyl (C=O) groups is 1. The van der Waals surface area contributed by atoms with Crippen molar-refractivity contribution in [2.75, 3.05) is 5.32 Å². The van der Waals surface area contributed by atoms with Crippen LogP contribution in [0.5, 0.6) is 5.75 Å². The Kier molecular flexibility index (Phi) is 2.77. The molecule has 0 saturated carbocycles. The minimum Gasteiger partial charge on any atom is -0.871 e. The van der Waals surface area contributed by atoms with Gasteiger partial charge in [-0.15, -0.1) is 11.3 Å². The molecule has 1 amide bonds. The van der Waals surface area contributed by atoms with Crippen LogP contribution >= 0.6 is 11.3 Å². The van der Waals surface area contributed by atoms with E-state index < -0.39 is 17.2 Å². The first kappa shape index (κ1) is 13.0. The van der Waals surface area contributed by atoms with Gasteiger partial charge in [0.2, 0.25) is 0 Å². The highest BCUT2D eigenvalue weighted by Crippen LogP contribution is 2.30. The van der Waals surface area contributed by atoms with E-state index in [1.807, 2.05) is 6.07 Å². The molecule has 2 aromatic heterocycles. The number of nitrogens with zero attached hydrogens (tertiary/aromatic N) is 2. The molecule has 4 rings (SSSR count). The van der Waals surface area contributed by atoms with Crippen molar-refractivity contribution in [3.8, 4) is 5.75 Å². The number of amides is 1. The van der Waals surface area contributed by atoms with Crippen LogP contribution in [0.4, 0.5) is 5.13 Å². The molecule has 1 N–H and O–H groups in total. The van der Waals surface area contributed by atoms with Crippen molar-refractivity contribution in [1.82, 2.24) is 9.55 Å². The monoisotopic (exact) mass is 312 g/mol. The smallest absolute Gasteiger partial charge is 0.263 e. The lowest BCUT2D eigenvalue weighted by Gasteiger charge is -2.17. The van der Waals surface area contributed by atoms with Gasteiger partial charge in [0.05, 0.1) is 11.1 Å². The van der Waals surface area contributed by atoms with E-state index in [1.165, 1.54) is 22.1 Å². The molecule has 3 heterocycles. The zero-order chi connectivity index (χ0) is 15.3. The third kappa shape index (κ3) is 1.75. The Labute approximate surface area is 128 Å². The third-order valence-corrected chi connectivity index (χ3v) is 4.49. The second kappa shape index (κ2) is 4.67. The topological polar surface area (TPSA) is 87.0 Å². The van der Waals surface area contributed by atoms with Gasteiger partial charge >= 0.3 is 0 Å². The molecule has 0 radical (unpaired) electrons. The average Bonchev–Trinajstić information content (AvgIpc) is 3.14. The molecule has 3 aromatic rings. The molecule has 0 unspecified atom stereocenters. The molecule has 0 aliphatic carbocycles. The molecule has 0 bridgehead atoms. The fourth-order valence-corrected chi connectivity index (χ4v) is 3.38. The van der Waals surface area contributed by atoms with Crippen LogP contribution in [-0.4, -0.2) is 15.5 Å². The van der Waals surface area contributed by atoms with Crippen molar-refractivity contribution >= 4 is 33.3 Å². The molecule has 7 heteroatoms. The van der Waals surface area contributed by atoms with Crippen LogP contribution in [-0.2, 0) is 13.0 Å². The fraction of sp³-hybridized carbons (Fsp3) is 0.133. The Morgan fingerprint density at radius 2 is 2.27 bits per heavy atom. The summed E-state index contributed by atoms with van der Waals surface area (Å²) in [6.45, 7) is 0.493. The van der Waals surface area contributed by atoms with Gasteiger partial charge in [0, 0.05) is 18.1 Å². The van der Waals surface area contributed by atoms with E-state index in [9.17, 15) is 14.7 Å². The Hall–Kier alpha value is -2.67. The van der Waals surface area contributed by atoms with Crippen LogP contribution in [0.1, 0.15) is 15.9 Å². The largest absolute Gasteiger partial charge is 0.871 e. The summed E-state index contributed by atoms with van der Waals surface area (Å²) in [4.78, 5) is 28.8. The maximum absolute atomic E-state index is 12.6. The molecule has 0 atom stereocenters. The van der Waals surface area contributed by atoms with E-state index in [0.29, 0.717) is 29.0 Å². The molecular formula is C15H10N3O3S-. The van der Waals surface area contributed by atoms with Gasteiger partial charge in [-0.25, -0.2) is 4.98 Å². The van der Waals surface area contributed by atoms with Crippen molar-refractivity contribution in [2.45, 2.75) is 13.0 Å². The summed E-state index contributed by atoms with van der Waals surface area (Å²) >= 11 is 1.23. The Bertz CT molecular complexity index is 960. The predicted octanol–water partition coefficient (Wildman–Crippen LogP) is 1.34. The first-order valence-corrected chi connectivity index (χ1v) is 7.61. The van der Waals surface area contributed by atoms with Crippen LogP contribution in [0.2, 0.25) is 0 Å². The Morgan fingerprint density at radius 3 is 3.05 bits per heavy atom. The van der Waals surface area contributed by atoms with Crippen LogP contribution in [0.15, 0.2) is 34.6 Å². The van der Waals surface area contributed by atoms with Gasteiger partial charge < -0.3 is 9.67 Å². The third-order valence-electron chi connectivity index (χ3n) is 3.80. The molecule has 1 aromatic carbocycles. The van der Waals surface area contributed by atoms with Crippen molar-refractivity contribution in [2.24, 2.45) is 0 Å². The van der Waals surface area contributed by atoms with Crippen molar-refractivity contribution in [3.63, 3.8) is 0 Å². The number of carbonyl (C=O) groups excluding carboxylic acids is 1. The minimum atomic E-state index is -0.701. The molecule has 6 nitrogen and oxygen atoms in total. The predicted molar refractivity (Wildman–Crippen MR) is 81.4 cm³/mol. The molecule has 0 spiro atoms. The number of aromatic nitrogens is 2. The van der Waals surface area contributed by atoms with Gasteiger partial charge in [-0.3, -0.25) is 14.9 Å². The zero-order valence-electron chi connectivity index (χ0n) is 11.3. The average molecular weight is 312 g/mol. The molecule has 22 heavy (non-hydrogen) atoms. The lowest BCUT2D eigenvalue weighted by atomic mass is 10.1. The van der Waals surface area contributed by atoms with E-state index in [0.717, 1.165) is 5.56 Å². The summed E-state index contributed by atoms with van der Waals surface area (Å²) in [6, 6.07) is 5.34. The molecular weight excluding hydrogens is 302 g/mol. The zero-order valence-corrected chi connectivity index (χ0v) is 12.1. The van der Waals surface area contributed by atoms with Gasteiger partial charge in [-0.1, -0.05) is 23.9 Å². The molecule has 110 valence electrons. The van der Waals surface area contributed by atoms with Crippen molar-refractivity contribution in [1.29, 1.82) is 0 Å². The van der Waals surface area contributed by atoms with Crippen LogP contribution in [0.3, 0.4) is 0 Å². The summed E-state index contributed by atoms with van der Waals surface area (Å²) in [5.74, 6) is -1.22.